The van der Waals surface area contributed by atoms with Crippen molar-refractivity contribution >= 4 is 11.9 Å². The van der Waals surface area contributed by atoms with Gasteiger partial charge in [-0.3, -0.25) is 9.59 Å². The van der Waals surface area contributed by atoms with E-state index in [0.29, 0.717) is 38.2 Å². The number of carbonyl (C=O) groups excluding carboxylic acids is 2. The molecule has 148 valence electrons. The number of esters is 2. The van der Waals surface area contributed by atoms with Crippen LogP contribution in [0, 0.1) is 5.92 Å². The third kappa shape index (κ3) is 14.9. The Morgan fingerprint density at radius 1 is 0.760 bits per heavy atom. The Kier molecular flexibility index (Phi) is 15.7. The first kappa shape index (κ1) is 23.9. The van der Waals surface area contributed by atoms with Crippen LogP contribution in [0.5, 0.6) is 0 Å². The van der Waals surface area contributed by atoms with Crippen molar-refractivity contribution in [1.29, 1.82) is 0 Å². The molecule has 0 aliphatic heterocycles. The summed E-state index contributed by atoms with van der Waals surface area (Å²) in [5, 5.41) is 0. The van der Waals surface area contributed by atoms with Gasteiger partial charge in [0.25, 0.3) is 0 Å². The van der Waals surface area contributed by atoms with Crippen molar-refractivity contribution in [3.05, 3.63) is 0 Å². The lowest BCUT2D eigenvalue weighted by Crippen LogP contribution is -2.22. The molecule has 0 aliphatic carbocycles. The molecule has 0 amide bonds. The van der Waals surface area contributed by atoms with E-state index in [1.54, 1.807) is 0 Å². The summed E-state index contributed by atoms with van der Waals surface area (Å²) in [4.78, 5) is 23.4. The SMILES string of the molecule is CCCCCCCCCOC(=O)CCCCC(=O)OC(CC)C(C)C. The van der Waals surface area contributed by atoms with Gasteiger partial charge >= 0.3 is 11.9 Å². The molecular weight excluding hydrogens is 316 g/mol. The highest BCUT2D eigenvalue weighted by Crippen LogP contribution is 2.13. The monoisotopic (exact) mass is 356 g/mol. The number of hydrogen-bond acceptors (Lipinski definition) is 4. The second-order valence-corrected chi connectivity index (χ2v) is 7.23. The number of carbonyl (C=O) groups is 2. The van der Waals surface area contributed by atoms with E-state index >= 15 is 0 Å². The van der Waals surface area contributed by atoms with Gasteiger partial charge in [-0.05, 0) is 31.6 Å². The van der Waals surface area contributed by atoms with E-state index in [2.05, 4.69) is 20.8 Å². The predicted molar refractivity (Wildman–Crippen MR) is 102 cm³/mol. The normalized spacial score (nSPS) is 12.2. The molecule has 0 aromatic heterocycles. The molecule has 0 N–H and O–H groups in total. The first-order valence-electron chi connectivity index (χ1n) is 10.4. The van der Waals surface area contributed by atoms with Crippen LogP contribution in [-0.2, 0) is 19.1 Å². The molecule has 0 aromatic rings. The molecule has 0 aliphatic rings. The highest BCUT2D eigenvalue weighted by Gasteiger charge is 2.16. The van der Waals surface area contributed by atoms with Gasteiger partial charge in [-0.2, -0.15) is 0 Å². The first-order valence-corrected chi connectivity index (χ1v) is 10.4. The van der Waals surface area contributed by atoms with Gasteiger partial charge in [-0.15, -0.1) is 0 Å². The number of ether oxygens (including phenoxy) is 2. The van der Waals surface area contributed by atoms with Crippen LogP contribution in [0.15, 0.2) is 0 Å². The number of unbranched alkanes of at least 4 members (excludes halogenated alkanes) is 7. The molecule has 0 bridgehead atoms. The molecule has 0 radical (unpaired) electrons. The third-order valence-electron chi connectivity index (χ3n) is 4.45. The molecule has 0 aromatic carbocycles. The summed E-state index contributed by atoms with van der Waals surface area (Å²) in [6.45, 7) is 8.89. The fourth-order valence-corrected chi connectivity index (χ4v) is 2.77. The van der Waals surface area contributed by atoms with Gasteiger partial charge in [0.05, 0.1) is 6.61 Å². The average molecular weight is 357 g/mol. The molecular formula is C21H40O4. The summed E-state index contributed by atoms with van der Waals surface area (Å²) < 4.78 is 10.7. The average Bonchev–Trinajstić information content (AvgIpc) is 2.58. The van der Waals surface area contributed by atoms with Crippen molar-refractivity contribution < 1.29 is 19.1 Å². The Morgan fingerprint density at radius 3 is 1.88 bits per heavy atom. The Balaban J connectivity index is 3.50. The highest BCUT2D eigenvalue weighted by atomic mass is 16.5. The van der Waals surface area contributed by atoms with Gasteiger partial charge in [0.1, 0.15) is 6.10 Å². The molecule has 25 heavy (non-hydrogen) atoms. The van der Waals surface area contributed by atoms with Crippen LogP contribution in [0.1, 0.15) is 105 Å². The Labute approximate surface area is 155 Å². The van der Waals surface area contributed by atoms with Gasteiger partial charge in [-0.25, -0.2) is 0 Å². The summed E-state index contributed by atoms with van der Waals surface area (Å²) >= 11 is 0. The van der Waals surface area contributed by atoms with Gasteiger partial charge in [-0.1, -0.05) is 66.2 Å². The van der Waals surface area contributed by atoms with Crippen LogP contribution in [0.3, 0.4) is 0 Å². The lowest BCUT2D eigenvalue weighted by atomic mass is 10.1. The van der Waals surface area contributed by atoms with Crippen molar-refractivity contribution in [2.45, 2.75) is 111 Å². The molecule has 1 atom stereocenters. The molecule has 0 heterocycles. The molecule has 4 nitrogen and oxygen atoms in total. The fourth-order valence-electron chi connectivity index (χ4n) is 2.77. The van der Waals surface area contributed by atoms with Crippen molar-refractivity contribution in [2.24, 2.45) is 5.92 Å². The lowest BCUT2D eigenvalue weighted by Gasteiger charge is -2.19. The van der Waals surface area contributed by atoms with E-state index in [9.17, 15) is 9.59 Å². The van der Waals surface area contributed by atoms with E-state index in [1.807, 2.05) is 6.92 Å². The van der Waals surface area contributed by atoms with Crippen molar-refractivity contribution in [3.8, 4) is 0 Å². The second kappa shape index (κ2) is 16.4. The van der Waals surface area contributed by atoms with Crippen LogP contribution in [0.2, 0.25) is 0 Å². The summed E-state index contributed by atoms with van der Waals surface area (Å²) in [6, 6.07) is 0. The molecule has 4 heteroatoms. The van der Waals surface area contributed by atoms with Gasteiger partial charge < -0.3 is 9.47 Å². The maximum absolute atomic E-state index is 11.8. The zero-order chi connectivity index (χ0) is 18.9. The summed E-state index contributed by atoms with van der Waals surface area (Å²) in [5.41, 5.74) is 0. The van der Waals surface area contributed by atoms with Crippen molar-refractivity contribution in [3.63, 3.8) is 0 Å². The first-order chi connectivity index (χ1) is 12.0. The number of rotatable bonds is 16. The number of hydrogen-bond donors (Lipinski definition) is 0. The Morgan fingerprint density at radius 2 is 1.32 bits per heavy atom. The molecule has 0 spiro atoms. The maximum Gasteiger partial charge on any atom is 0.306 e. The summed E-state index contributed by atoms with van der Waals surface area (Å²) in [5.74, 6) is 0.0422. The molecule has 0 saturated heterocycles. The van der Waals surface area contributed by atoms with E-state index < -0.39 is 0 Å². The van der Waals surface area contributed by atoms with Crippen LogP contribution >= 0.6 is 0 Å². The highest BCUT2D eigenvalue weighted by molar-refractivity contribution is 5.70. The summed E-state index contributed by atoms with van der Waals surface area (Å²) in [6.07, 6.45) is 11.5. The van der Waals surface area contributed by atoms with E-state index in [-0.39, 0.29) is 18.0 Å². The van der Waals surface area contributed by atoms with Crippen molar-refractivity contribution in [2.75, 3.05) is 6.61 Å². The zero-order valence-electron chi connectivity index (χ0n) is 17.0. The minimum Gasteiger partial charge on any atom is -0.466 e. The molecule has 0 saturated carbocycles. The lowest BCUT2D eigenvalue weighted by molar-refractivity contribution is -0.152. The van der Waals surface area contributed by atoms with Gasteiger partial charge in [0.2, 0.25) is 0 Å². The summed E-state index contributed by atoms with van der Waals surface area (Å²) in [7, 11) is 0. The van der Waals surface area contributed by atoms with Crippen molar-refractivity contribution in [1.82, 2.24) is 0 Å². The fraction of sp³-hybridized carbons (Fsp3) is 0.905. The van der Waals surface area contributed by atoms with E-state index in [0.717, 1.165) is 19.3 Å². The minimum atomic E-state index is -0.156. The third-order valence-corrected chi connectivity index (χ3v) is 4.45. The van der Waals surface area contributed by atoms with Gasteiger partial charge in [0, 0.05) is 12.8 Å². The van der Waals surface area contributed by atoms with Crippen LogP contribution in [0.25, 0.3) is 0 Å². The van der Waals surface area contributed by atoms with Crippen LogP contribution in [-0.4, -0.2) is 24.6 Å². The van der Waals surface area contributed by atoms with Gasteiger partial charge in [0.15, 0.2) is 0 Å². The molecule has 1 unspecified atom stereocenters. The maximum atomic E-state index is 11.8. The van der Waals surface area contributed by atoms with Crippen LogP contribution < -0.4 is 0 Å². The molecule has 0 rings (SSSR count). The standard InChI is InChI=1S/C21H40O4/c1-5-7-8-9-10-11-14-17-24-20(22)15-12-13-16-21(23)25-19(6-2)18(3)4/h18-19H,5-17H2,1-4H3. The predicted octanol–water partition coefficient (Wildman–Crippen LogP) is 5.82. The topological polar surface area (TPSA) is 52.6 Å². The largest absolute Gasteiger partial charge is 0.466 e. The van der Waals surface area contributed by atoms with Crippen LogP contribution in [0.4, 0.5) is 0 Å². The van der Waals surface area contributed by atoms with E-state index in [1.165, 1.54) is 32.1 Å². The zero-order valence-corrected chi connectivity index (χ0v) is 17.0. The minimum absolute atomic E-state index is 0.000521. The Bertz CT molecular complexity index is 339. The quantitative estimate of drug-likeness (QED) is 0.258. The molecule has 0 fully saturated rings. The Hall–Kier alpha value is -1.06. The van der Waals surface area contributed by atoms with E-state index in [4.69, 9.17) is 9.47 Å². The smallest absolute Gasteiger partial charge is 0.306 e. The second-order valence-electron chi connectivity index (χ2n) is 7.23.